The van der Waals surface area contributed by atoms with Crippen molar-refractivity contribution >= 4 is 5.97 Å². The van der Waals surface area contributed by atoms with Crippen LogP contribution in [-0.4, -0.2) is 26.8 Å². The van der Waals surface area contributed by atoms with E-state index >= 15 is 0 Å². The zero-order valence-corrected chi connectivity index (χ0v) is 11.6. The second kappa shape index (κ2) is 5.64. The van der Waals surface area contributed by atoms with Gasteiger partial charge in [-0.2, -0.15) is 0 Å². The summed E-state index contributed by atoms with van der Waals surface area (Å²) < 4.78 is 12.6. The van der Waals surface area contributed by atoms with Crippen molar-refractivity contribution in [3.8, 4) is 0 Å². The number of furan rings is 1. The summed E-state index contributed by atoms with van der Waals surface area (Å²) in [5.74, 6) is -1.53. The van der Waals surface area contributed by atoms with Gasteiger partial charge in [0.05, 0.1) is 12.8 Å². The molecule has 8 nitrogen and oxygen atoms in total. The van der Waals surface area contributed by atoms with Crippen LogP contribution in [0.25, 0.3) is 0 Å². The molecular formula is C14H14N2O6. The summed E-state index contributed by atoms with van der Waals surface area (Å²) in [6.07, 6.45) is 3.78. The van der Waals surface area contributed by atoms with Gasteiger partial charge in [0.2, 0.25) is 5.76 Å². The molecule has 3 heterocycles. The highest BCUT2D eigenvalue weighted by Crippen LogP contribution is 2.20. The van der Waals surface area contributed by atoms with Crippen molar-refractivity contribution in [2.24, 2.45) is 0 Å². The van der Waals surface area contributed by atoms with Crippen LogP contribution in [0.15, 0.2) is 38.6 Å². The van der Waals surface area contributed by atoms with Gasteiger partial charge in [-0.15, -0.1) is 0 Å². The number of aromatic carboxylic acids is 1. The lowest BCUT2D eigenvalue weighted by atomic mass is 10.2. The highest BCUT2D eigenvalue weighted by atomic mass is 16.5. The third-order valence-electron chi connectivity index (χ3n) is 3.58. The molecule has 0 spiro atoms. The third-order valence-corrected chi connectivity index (χ3v) is 3.58. The van der Waals surface area contributed by atoms with E-state index in [4.69, 9.17) is 14.3 Å². The summed E-state index contributed by atoms with van der Waals surface area (Å²) in [5, 5.41) is 9.01. The van der Waals surface area contributed by atoms with Crippen LogP contribution in [0.4, 0.5) is 0 Å². The van der Waals surface area contributed by atoms with Crippen LogP contribution in [0, 0.1) is 0 Å². The smallest absolute Gasteiger partial charge is 0.372 e. The zero-order chi connectivity index (χ0) is 15.7. The van der Waals surface area contributed by atoms with Crippen molar-refractivity contribution in [2.75, 3.05) is 6.61 Å². The number of carboxylic acid groups (broad SMARTS) is 1. The van der Waals surface area contributed by atoms with E-state index in [1.807, 2.05) is 0 Å². The minimum absolute atomic E-state index is 0.163. The molecule has 0 aliphatic carbocycles. The molecule has 1 unspecified atom stereocenters. The molecule has 8 heteroatoms. The SMILES string of the molecule is O=C(O)c1occc1Cn1c(=O)ccn(C2CCCO2)c1=O. The van der Waals surface area contributed by atoms with Crippen LogP contribution in [0.3, 0.4) is 0 Å². The van der Waals surface area contributed by atoms with Gasteiger partial charge in [0.1, 0.15) is 6.23 Å². The first-order valence-corrected chi connectivity index (χ1v) is 6.81. The summed E-state index contributed by atoms with van der Waals surface area (Å²) in [6.45, 7) is 0.407. The van der Waals surface area contributed by atoms with E-state index in [2.05, 4.69) is 0 Å². The first-order valence-electron chi connectivity index (χ1n) is 6.81. The molecule has 0 radical (unpaired) electrons. The molecule has 0 bridgehead atoms. The van der Waals surface area contributed by atoms with Gasteiger partial charge in [-0.3, -0.25) is 13.9 Å². The molecule has 2 aromatic rings. The molecular weight excluding hydrogens is 292 g/mol. The van der Waals surface area contributed by atoms with Gasteiger partial charge in [0.15, 0.2) is 0 Å². The average Bonchev–Trinajstić information content (AvgIpc) is 3.14. The van der Waals surface area contributed by atoms with E-state index < -0.39 is 17.2 Å². The van der Waals surface area contributed by atoms with Crippen LogP contribution >= 0.6 is 0 Å². The fourth-order valence-corrected chi connectivity index (χ4v) is 2.49. The predicted molar refractivity (Wildman–Crippen MR) is 74.0 cm³/mol. The highest BCUT2D eigenvalue weighted by Gasteiger charge is 2.21. The van der Waals surface area contributed by atoms with Crippen LogP contribution in [0.5, 0.6) is 0 Å². The van der Waals surface area contributed by atoms with Gasteiger partial charge in [-0.25, -0.2) is 9.59 Å². The minimum atomic E-state index is -1.25. The van der Waals surface area contributed by atoms with Crippen molar-refractivity contribution in [3.05, 3.63) is 56.8 Å². The van der Waals surface area contributed by atoms with E-state index in [1.54, 1.807) is 0 Å². The van der Waals surface area contributed by atoms with E-state index in [9.17, 15) is 14.4 Å². The molecule has 1 fully saturated rings. The largest absolute Gasteiger partial charge is 0.475 e. The maximum Gasteiger partial charge on any atom is 0.372 e. The maximum absolute atomic E-state index is 12.5. The molecule has 22 heavy (non-hydrogen) atoms. The lowest BCUT2D eigenvalue weighted by Crippen LogP contribution is -2.40. The number of hydrogen-bond donors (Lipinski definition) is 1. The monoisotopic (exact) mass is 306 g/mol. The van der Waals surface area contributed by atoms with E-state index in [0.29, 0.717) is 13.0 Å². The summed E-state index contributed by atoms with van der Waals surface area (Å²) in [6, 6.07) is 2.70. The number of ether oxygens (including phenoxy) is 1. The topological polar surface area (TPSA) is 104 Å². The zero-order valence-electron chi connectivity index (χ0n) is 11.6. The second-order valence-corrected chi connectivity index (χ2v) is 4.98. The lowest BCUT2D eigenvalue weighted by Gasteiger charge is -2.14. The van der Waals surface area contributed by atoms with Crippen LogP contribution < -0.4 is 11.2 Å². The van der Waals surface area contributed by atoms with Crippen molar-refractivity contribution in [3.63, 3.8) is 0 Å². The summed E-state index contributed by atoms with van der Waals surface area (Å²) in [7, 11) is 0. The summed E-state index contributed by atoms with van der Waals surface area (Å²) in [4.78, 5) is 35.4. The van der Waals surface area contributed by atoms with Gasteiger partial charge in [0.25, 0.3) is 5.56 Å². The van der Waals surface area contributed by atoms with Gasteiger partial charge < -0.3 is 14.3 Å². The van der Waals surface area contributed by atoms with Gasteiger partial charge in [-0.1, -0.05) is 0 Å². The van der Waals surface area contributed by atoms with Crippen molar-refractivity contribution < 1.29 is 19.1 Å². The molecule has 1 saturated heterocycles. The van der Waals surface area contributed by atoms with Gasteiger partial charge in [0, 0.05) is 24.4 Å². The Hall–Kier alpha value is -2.61. The summed E-state index contributed by atoms with van der Waals surface area (Å²) in [5.41, 5.74) is -0.773. The fraction of sp³-hybridized carbons (Fsp3) is 0.357. The molecule has 0 saturated carbocycles. The number of rotatable bonds is 4. The molecule has 3 rings (SSSR count). The Kier molecular flexibility index (Phi) is 3.68. The Morgan fingerprint density at radius 2 is 2.18 bits per heavy atom. The third kappa shape index (κ3) is 2.48. The van der Waals surface area contributed by atoms with E-state index in [0.717, 1.165) is 11.0 Å². The first-order chi connectivity index (χ1) is 10.6. The Morgan fingerprint density at radius 3 is 2.86 bits per heavy atom. The van der Waals surface area contributed by atoms with Crippen molar-refractivity contribution in [2.45, 2.75) is 25.6 Å². The normalized spacial score (nSPS) is 17.7. The maximum atomic E-state index is 12.5. The molecule has 0 amide bonds. The number of nitrogens with zero attached hydrogens (tertiary/aromatic N) is 2. The predicted octanol–water partition coefficient (Wildman–Crippen LogP) is 0.659. The molecule has 1 N–H and O–H groups in total. The number of aromatic nitrogens is 2. The standard InChI is InChI=1S/C14H14N2O6/c17-10-3-5-15(11-2-1-6-21-11)14(20)16(10)8-9-4-7-22-12(9)13(18)19/h3-5,7,11H,1-2,6,8H2,(H,18,19). The summed E-state index contributed by atoms with van der Waals surface area (Å²) >= 11 is 0. The molecule has 0 aromatic carbocycles. The quantitative estimate of drug-likeness (QED) is 0.890. The van der Waals surface area contributed by atoms with Crippen LogP contribution in [0.1, 0.15) is 35.2 Å². The molecule has 1 aliphatic heterocycles. The van der Waals surface area contributed by atoms with Gasteiger partial charge in [-0.05, 0) is 18.9 Å². The average molecular weight is 306 g/mol. The minimum Gasteiger partial charge on any atom is -0.475 e. The van der Waals surface area contributed by atoms with Crippen molar-refractivity contribution in [1.82, 2.24) is 9.13 Å². The molecule has 116 valence electrons. The number of carbonyl (C=O) groups is 1. The van der Waals surface area contributed by atoms with Crippen LogP contribution in [-0.2, 0) is 11.3 Å². The Balaban J connectivity index is 2.01. The Bertz CT molecular complexity index is 809. The number of hydrogen-bond acceptors (Lipinski definition) is 5. The van der Waals surface area contributed by atoms with Crippen LogP contribution in [0.2, 0.25) is 0 Å². The lowest BCUT2D eigenvalue weighted by molar-refractivity contribution is 0.0514. The number of carboxylic acids is 1. The highest BCUT2D eigenvalue weighted by molar-refractivity contribution is 5.86. The molecule has 1 atom stereocenters. The van der Waals surface area contributed by atoms with Crippen molar-refractivity contribution in [1.29, 1.82) is 0 Å². The first kappa shape index (κ1) is 14.3. The van der Waals surface area contributed by atoms with E-state index in [-0.39, 0.29) is 24.1 Å². The molecule has 2 aromatic heterocycles. The Labute approximate surface area is 124 Å². The fourth-order valence-electron chi connectivity index (χ4n) is 2.49. The van der Waals surface area contributed by atoms with E-state index in [1.165, 1.54) is 29.2 Å². The second-order valence-electron chi connectivity index (χ2n) is 4.98. The molecule has 1 aliphatic rings. The Morgan fingerprint density at radius 1 is 1.36 bits per heavy atom. The van der Waals surface area contributed by atoms with Gasteiger partial charge >= 0.3 is 11.7 Å².